The average Bonchev–Trinajstić information content (AvgIpc) is 3.14. The van der Waals surface area contributed by atoms with Crippen LogP contribution in [0.4, 0.5) is 0 Å². The molecule has 0 saturated heterocycles. The Kier molecular flexibility index (Phi) is 8.09. The van der Waals surface area contributed by atoms with E-state index in [0.29, 0.717) is 30.0 Å². The van der Waals surface area contributed by atoms with Crippen LogP contribution in [0.5, 0.6) is 0 Å². The molecule has 4 rings (SSSR count). The van der Waals surface area contributed by atoms with Gasteiger partial charge in [-0.25, -0.2) is 4.57 Å². The fourth-order valence-electron chi connectivity index (χ4n) is 9.29. The fraction of sp³-hybridized carbons (Fsp3) is 1.00. The monoisotopic (exact) mass is 484 g/mol. The molecule has 0 aliphatic heterocycles. The van der Waals surface area contributed by atoms with E-state index in [1.807, 2.05) is 0 Å². The zero-order valence-electron chi connectivity index (χ0n) is 21.8. The first kappa shape index (κ1) is 26.1. The lowest BCUT2D eigenvalue weighted by atomic mass is 9.44. The van der Waals surface area contributed by atoms with Gasteiger partial charge in [0, 0.05) is 7.11 Å². The van der Waals surface area contributed by atoms with Gasteiger partial charge in [0.15, 0.2) is 0 Å². The van der Waals surface area contributed by atoms with Gasteiger partial charge in [-0.3, -0.25) is 13.6 Å². The van der Waals surface area contributed by atoms with Crippen molar-refractivity contribution in [3.63, 3.8) is 0 Å². The molecule has 0 bridgehead atoms. The van der Waals surface area contributed by atoms with Gasteiger partial charge in [0.25, 0.3) is 0 Å². The summed E-state index contributed by atoms with van der Waals surface area (Å²) in [6.07, 6.45) is 13.5. The molecule has 4 aliphatic carbocycles. The topological polar surface area (TPSA) is 65.0 Å². The van der Waals surface area contributed by atoms with E-state index >= 15 is 0 Å². The van der Waals surface area contributed by atoms with Crippen LogP contribution in [0.1, 0.15) is 98.3 Å². The maximum Gasteiger partial charge on any atom is 0.474 e. The SMILES string of the molecule is CCOP(=O)(OC)OCCC[C@@H](C)[C@H]1CCC2[C@@H]3CCC4C[C@H](O)CC[C@]4(C)[C@H]3CC[C@@]21C. The molecule has 1 N–H and O–H groups in total. The molecule has 192 valence electrons. The Balaban J connectivity index is 1.35. The average molecular weight is 485 g/mol. The summed E-state index contributed by atoms with van der Waals surface area (Å²) in [7, 11) is -1.99. The molecule has 4 fully saturated rings. The van der Waals surface area contributed by atoms with Crippen LogP contribution in [0, 0.1) is 46.3 Å². The molecule has 4 aliphatic rings. The molecule has 4 saturated carbocycles. The minimum Gasteiger partial charge on any atom is -0.393 e. The number of phosphoric acid groups is 1. The van der Waals surface area contributed by atoms with Gasteiger partial charge in [0.2, 0.25) is 0 Å². The van der Waals surface area contributed by atoms with E-state index in [0.717, 1.165) is 55.3 Å². The zero-order chi connectivity index (χ0) is 23.9. The van der Waals surface area contributed by atoms with Crippen LogP contribution < -0.4 is 0 Å². The van der Waals surface area contributed by atoms with Crippen molar-refractivity contribution in [2.75, 3.05) is 20.3 Å². The number of aliphatic hydroxyl groups excluding tert-OH is 1. The Morgan fingerprint density at radius 3 is 2.45 bits per heavy atom. The van der Waals surface area contributed by atoms with E-state index in [2.05, 4.69) is 20.8 Å². The summed E-state index contributed by atoms with van der Waals surface area (Å²) in [5, 5.41) is 10.3. The summed E-state index contributed by atoms with van der Waals surface area (Å²) in [5.74, 6) is 4.80. The normalized spacial score (nSPS) is 45.5. The van der Waals surface area contributed by atoms with E-state index in [1.165, 1.54) is 52.1 Å². The van der Waals surface area contributed by atoms with Crippen molar-refractivity contribution < 1.29 is 23.2 Å². The Morgan fingerprint density at radius 2 is 1.73 bits per heavy atom. The quantitative estimate of drug-likeness (QED) is 0.276. The largest absolute Gasteiger partial charge is 0.474 e. The minimum atomic E-state index is -3.38. The highest BCUT2D eigenvalue weighted by Gasteiger charge is 2.60. The van der Waals surface area contributed by atoms with E-state index in [-0.39, 0.29) is 6.10 Å². The van der Waals surface area contributed by atoms with Crippen LogP contribution in [0.15, 0.2) is 0 Å². The lowest BCUT2D eigenvalue weighted by Gasteiger charge is -2.61. The van der Waals surface area contributed by atoms with Crippen molar-refractivity contribution >= 4 is 7.82 Å². The third kappa shape index (κ3) is 4.88. The van der Waals surface area contributed by atoms with Gasteiger partial charge in [0.05, 0.1) is 19.3 Å². The van der Waals surface area contributed by atoms with Crippen molar-refractivity contribution in [2.24, 2.45) is 46.3 Å². The lowest BCUT2D eigenvalue weighted by molar-refractivity contribution is -0.129. The number of rotatable bonds is 9. The highest BCUT2D eigenvalue weighted by atomic mass is 31.2. The first-order chi connectivity index (χ1) is 15.7. The highest BCUT2D eigenvalue weighted by molar-refractivity contribution is 7.48. The Labute approximate surface area is 202 Å². The Hall–Kier alpha value is 0.0700. The Bertz CT molecular complexity index is 715. The molecule has 0 aromatic heterocycles. The van der Waals surface area contributed by atoms with Crippen LogP contribution in [-0.2, 0) is 18.1 Å². The Morgan fingerprint density at radius 1 is 1.00 bits per heavy atom. The summed E-state index contributed by atoms with van der Waals surface area (Å²) in [4.78, 5) is 0. The van der Waals surface area contributed by atoms with E-state index in [4.69, 9.17) is 13.6 Å². The molecule has 10 atom stereocenters. The van der Waals surface area contributed by atoms with Gasteiger partial charge in [-0.2, -0.15) is 0 Å². The van der Waals surface area contributed by atoms with Gasteiger partial charge < -0.3 is 5.11 Å². The number of aliphatic hydroxyl groups is 1. The molecule has 0 heterocycles. The van der Waals surface area contributed by atoms with Crippen molar-refractivity contribution in [1.29, 1.82) is 0 Å². The van der Waals surface area contributed by atoms with Gasteiger partial charge in [-0.15, -0.1) is 0 Å². The van der Waals surface area contributed by atoms with E-state index in [1.54, 1.807) is 6.92 Å². The van der Waals surface area contributed by atoms with Crippen molar-refractivity contribution in [3.05, 3.63) is 0 Å². The molecule has 33 heavy (non-hydrogen) atoms. The molecule has 0 amide bonds. The van der Waals surface area contributed by atoms with Gasteiger partial charge in [-0.05, 0) is 124 Å². The smallest absolute Gasteiger partial charge is 0.393 e. The maximum absolute atomic E-state index is 12.3. The predicted octanol–water partition coefficient (Wildman–Crippen LogP) is 7.23. The molecule has 3 unspecified atom stereocenters. The summed E-state index contributed by atoms with van der Waals surface area (Å²) < 4.78 is 28.0. The van der Waals surface area contributed by atoms with Crippen LogP contribution in [0.3, 0.4) is 0 Å². The maximum atomic E-state index is 12.3. The molecule has 0 aromatic rings. The molecular weight excluding hydrogens is 435 g/mol. The third-order valence-corrected chi connectivity index (χ3v) is 12.5. The van der Waals surface area contributed by atoms with Crippen LogP contribution in [0.2, 0.25) is 0 Å². The molecular formula is C27H49O5P. The summed E-state index contributed by atoms with van der Waals surface area (Å²) in [6, 6.07) is 0. The van der Waals surface area contributed by atoms with Gasteiger partial charge in [-0.1, -0.05) is 20.8 Å². The van der Waals surface area contributed by atoms with E-state index in [9.17, 15) is 9.67 Å². The van der Waals surface area contributed by atoms with Crippen molar-refractivity contribution in [1.82, 2.24) is 0 Å². The minimum absolute atomic E-state index is 0.0551. The second kappa shape index (κ2) is 10.2. The fourth-order valence-corrected chi connectivity index (χ4v) is 10.2. The first-order valence-corrected chi connectivity index (χ1v) is 15.3. The number of phosphoric ester groups is 1. The van der Waals surface area contributed by atoms with Crippen LogP contribution >= 0.6 is 7.82 Å². The summed E-state index contributed by atoms with van der Waals surface area (Å²) in [6.45, 7) is 10.2. The van der Waals surface area contributed by atoms with Gasteiger partial charge >= 0.3 is 7.82 Å². The second-order valence-corrected chi connectivity index (χ2v) is 14.1. The molecule has 6 heteroatoms. The summed E-state index contributed by atoms with van der Waals surface area (Å²) >= 11 is 0. The van der Waals surface area contributed by atoms with E-state index < -0.39 is 7.82 Å². The standard InChI is InChI=1S/C27H49O5P/c1-6-31-33(29,30-5)32-17-7-8-19(2)23-11-12-24-22-10-9-20-18-21(28)13-15-26(20,3)25(22)14-16-27(23,24)4/h19-25,28H,6-18H2,1-5H3/t19-,20?,21-,22+,23-,24?,25+,26+,27-,33?/m1/s1. The number of hydrogen-bond donors (Lipinski definition) is 1. The molecule has 0 aromatic carbocycles. The van der Waals surface area contributed by atoms with Gasteiger partial charge in [0.1, 0.15) is 0 Å². The van der Waals surface area contributed by atoms with Crippen LogP contribution in [0.25, 0.3) is 0 Å². The van der Waals surface area contributed by atoms with Crippen LogP contribution in [-0.4, -0.2) is 31.5 Å². The molecule has 0 radical (unpaired) electrons. The number of hydrogen-bond acceptors (Lipinski definition) is 5. The zero-order valence-corrected chi connectivity index (χ0v) is 22.7. The van der Waals surface area contributed by atoms with Crippen molar-refractivity contribution in [2.45, 2.75) is 104 Å². The predicted molar refractivity (Wildman–Crippen MR) is 132 cm³/mol. The third-order valence-electron chi connectivity index (χ3n) is 11.0. The second-order valence-electron chi connectivity index (χ2n) is 12.3. The van der Waals surface area contributed by atoms with Crippen molar-refractivity contribution in [3.8, 4) is 0 Å². The molecule has 0 spiro atoms. The molecule has 5 nitrogen and oxygen atoms in total. The number of fused-ring (bicyclic) bond motifs is 5. The summed E-state index contributed by atoms with van der Waals surface area (Å²) in [5.41, 5.74) is 0.923. The first-order valence-electron chi connectivity index (χ1n) is 13.8. The lowest BCUT2D eigenvalue weighted by Crippen LogP contribution is -2.54. The highest BCUT2D eigenvalue weighted by Crippen LogP contribution is 2.68.